The van der Waals surface area contributed by atoms with Gasteiger partial charge in [-0.25, -0.2) is 8.42 Å². The van der Waals surface area contributed by atoms with Gasteiger partial charge in [-0.1, -0.05) is 6.92 Å². The van der Waals surface area contributed by atoms with Crippen molar-refractivity contribution in [1.29, 1.82) is 0 Å². The minimum absolute atomic E-state index is 0.0536. The highest BCUT2D eigenvalue weighted by Crippen LogP contribution is 2.39. The number of ether oxygens (including phenoxy) is 2. The molecule has 25 heavy (non-hydrogen) atoms. The molecule has 0 unspecified atom stereocenters. The number of aryl methyl sites for hydroxylation is 1. The molecule has 1 heterocycles. The average Bonchev–Trinajstić information content (AvgIpc) is 3.44. The maximum atomic E-state index is 12.3. The van der Waals surface area contributed by atoms with Crippen molar-refractivity contribution < 1.29 is 17.9 Å². The predicted molar refractivity (Wildman–Crippen MR) is 96.9 cm³/mol. The summed E-state index contributed by atoms with van der Waals surface area (Å²) in [5.74, 6) is 1.96. The van der Waals surface area contributed by atoms with E-state index in [1.165, 1.54) is 12.8 Å². The zero-order valence-corrected chi connectivity index (χ0v) is 15.6. The molecule has 1 saturated carbocycles. The van der Waals surface area contributed by atoms with Crippen molar-refractivity contribution in [2.75, 3.05) is 19.5 Å². The van der Waals surface area contributed by atoms with E-state index in [1.54, 1.807) is 38.4 Å². The van der Waals surface area contributed by atoms with Gasteiger partial charge in [0.25, 0.3) is 0 Å². The Kier molecular flexibility index (Phi) is 4.99. The molecule has 0 bridgehead atoms. The first kappa shape index (κ1) is 17.7. The lowest BCUT2D eigenvalue weighted by molar-refractivity contribution is 0.300. The Labute approximate surface area is 148 Å². The number of aromatic nitrogens is 1. The molecule has 0 radical (unpaired) electrons. The van der Waals surface area contributed by atoms with Gasteiger partial charge >= 0.3 is 0 Å². The molecule has 134 valence electrons. The summed E-state index contributed by atoms with van der Waals surface area (Å²) in [5, 5.41) is 0. The van der Waals surface area contributed by atoms with Crippen molar-refractivity contribution in [1.82, 2.24) is 4.98 Å². The van der Waals surface area contributed by atoms with E-state index in [1.807, 2.05) is 13.0 Å². The summed E-state index contributed by atoms with van der Waals surface area (Å²) in [5.41, 5.74) is 2.25. The minimum atomic E-state index is -3.31. The van der Waals surface area contributed by atoms with E-state index in [0.717, 1.165) is 11.3 Å². The van der Waals surface area contributed by atoms with Gasteiger partial charge in [-0.3, -0.25) is 4.98 Å². The van der Waals surface area contributed by atoms with Gasteiger partial charge < -0.3 is 9.47 Å². The second-order valence-corrected chi connectivity index (χ2v) is 8.62. The molecule has 0 amide bonds. The van der Waals surface area contributed by atoms with E-state index in [4.69, 9.17) is 9.47 Å². The van der Waals surface area contributed by atoms with Crippen molar-refractivity contribution in [2.24, 2.45) is 5.92 Å². The lowest BCUT2D eigenvalue weighted by Gasteiger charge is -2.15. The number of hydrogen-bond acceptors (Lipinski definition) is 5. The van der Waals surface area contributed by atoms with Crippen LogP contribution in [0.2, 0.25) is 0 Å². The fraction of sp³-hybridized carbons (Fsp3) is 0.421. The quantitative estimate of drug-likeness (QED) is 0.753. The Bertz CT molecular complexity index is 873. The van der Waals surface area contributed by atoms with Gasteiger partial charge in [0.2, 0.25) is 0 Å². The Hall–Kier alpha value is -2.08. The summed E-state index contributed by atoms with van der Waals surface area (Å²) in [6, 6.07) is 6.84. The number of benzene rings is 1. The maximum Gasteiger partial charge on any atom is 0.178 e. The molecule has 0 aliphatic heterocycles. The van der Waals surface area contributed by atoms with E-state index < -0.39 is 9.84 Å². The van der Waals surface area contributed by atoms with Crippen LogP contribution in [0.5, 0.6) is 11.5 Å². The average molecular weight is 361 g/mol. The first-order valence-corrected chi connectivity index (χ1v) is 10.1. The van der Waals surface area contributed by atoms with Crippen molar-refractivity contribution in [2.45, 2.75) is 31.6 Å². The summed E-state index contributed by atoms with van der Waals surface area (Å²) in [4.78, 5) is 4.62. The standard InChI is InChI=1S/C19H23NO4S/c1-4-25(21,22)15-7-8-18(24-12-14-5-6-14)16(10-15)17-11-20-13(2)9-19(17)23-3/h7-11,14H,4-6,12H2,1-3H3. The minimum Gasteiger partial charge on any atom is -0.496 e. The highest BCUT2D eigenvalue weighted by molar-refractivity contribution is 7.91. The van der Waals surface area contributed by atoms with Crippen molar-refractivity contribution in [3.8, 4) is 22.6 Å². The number of nitrogens with zero attached hydrogens (tertiary/aromatic N) is 1. The maximum absolute atomic E-state index is 12.3. The third-order valence-corrected chi connectivity index (χ3v) is 6.11. The van der Waals surface area contributed by atoms with Crippen LogP contribution in [0.15, 0.2) is 35.4 Å². The zero-order valence-electron chi connectivity index (χ0n) is 14.8. The first-order valence-electron chi connectivity index (χ1n) is 8.45. The van der Waals surface area contributed by atoms with E-state index in [2.05, 4.69) is 4.98 Å². The molecular formula is C19H23NO4S. The van der Waals surface area contributed by atoms with Crippen LogP contribution in [-0.4, -0.2) is 32.9 Å². The molecule has 0 atom stereocenters. The highest BCUT2D eigenvalue weighted by Gasteiger charge is 2.24. The summed E-state index contributed by atoms with van der Waals surface area (Å²) in [6.45, 7) is 4.17. The largest absolute Gasteiger partial charge is 0.496 e. The number of methoxy groups -OCH3 is 1. The molecule has 1 aromatic heterocycles. The molecule has 1 aliphatic rings. The summed E-state index contributed by atoms with van der Waals surface area (Å²) >= 11 is 0. The molecule has 0 N–H and O–H groups in total. The molecule has 1 fully saturated rings. The molecule has 3 rings (SSSR count). The lowest BCUT2D eigenvalue weighted by Crippen LogP contribution is -2.06. The number of rotatable bonds is 7. The Morgan fingerprint density at radius 1 is 1.16 bits per heavy atom. The molecule has 2 aromatic rings. The van der Waals surface area contributed by atoms with Gasteiger partial charge in [-0.15, -0.1) is 0 Å². The second-order valence-electron chi connectivity index (χ2n) is 6.34. The topological polar surface area (TPSA) is 65.5 Å². The smallest absolute Gasteiger partial charge is 0.178 e. The SMILES string of the molecule is CCS(=O)(=O)c1ccc(OCC2CC2)c(-c2cnc(C)cc2OC)c1. The summed E-state index contributed by atoms with van der Waals surface area (Å²) in [6.07, 6.45) is 4.08. The van der Waals surface area contributed by atoms with Crippen LogP contribution in [0.25, 0.3) is 11.1 Å². The normalized spacial score (nSPS) is 14.4. The van der Waals surface area contributed by atoms with Crippen LogP contribution in [0.1, 0.15) is 25.5 Å². The Balaban J connectivity index is 2.11. The van der Waals surface area contributed by atoms with Gasteiger partial charge in [0.15, 0.2) is 9.84 Å². The second kappa shape index (κ2) is 7.04. The Morgan fingerprint density at radius 3 is 2.56 bits per heavy atom. The molecule has 1 aliphatic carbocycles. The van der Waals surface area contributed by atoms with Crippen molar-refractivity contribution >= 4 is 9.84 Å². The number of hydrogen-bond donors (Lipinski definition) is 0. The van der Waals surface area contributed by atoms with Crippen molar-refractivity contribution in [3.63, 3.8) is 0 Å². The third kappa shape index (κ3) is 3.95. The van der Waals surface area contributed by atoms with Gasteiger partial charge in [0.05, 0.1) is 24.4 Å². The predicted octanol–water partition coefficient (Wildman–Crippen LogP) is 3.65. The fourth-order valence-electron chi connectivity index (χ4n) is 2.60. The molecule has 6 heteroatoms. The van der Waals surface area contributed by atoms with Gasteiger partial charge in [-0.2, -0.15) is 0 Å². The van der Waals surface area contributed by atoms with Crippen LogP contribution in [0.3, 0.4) is 0 Å². The van der Waals surface area contributed by atoms with Crippen molar-refractivity contribution in [3.05, 3.63) is 36.2 Å². The molecule has 0 saturated heterocycles. The zero-order chi connectivity index (χ0) is 18.0. The molecule has 1 aromatic carbocycles. The van der Waals surface area contributed by atoms with Gasteiger partial charge in [-0.05, 0) is 43.9 Å². The first-order chi connectivity index (χ1) is 11.9. The number of sulfone groups is 1. The molecule has 0 spiro atoms. The fourth-order valence-corrected chi connectivity index (χ4v) is 3.51. The van der Waals surface area contributed by atoms with Gasteiger partial charge in [0, 0.05) is 29.1 Å². The summed E-state index contributed by atoms with van der Waals surface area (Å²) in [7, 11) is -1.72. The third-order valence-electron chi connectivity index (χ3n) is 4.37. The summed E-state index contributed by atoms with van der Waals surface area (Å²) < 4.78 is 36.0. The van der Waals surface area contributed by atoms with E-state index in [0.29, 0.717) is 29.6 Å². The number of pyridine rings is 1. The highest BCUT2D eigenvalue weighted by atomic mass is 32.2. The van der Waals surface area contributed by atoms with Crippen LogP contribution in [0, 0.1) is 12.8 Å². The molecule has 5 nitrogen and oxygen atoms in total. The van der Waals surface area contributed by atoms with Crippen LogP contribution in [-0.2, 0) is 9.84 Å². The van der Waals surface area contributed by atoms with E-state index >= 15 is 0 Å². The van der Waals surface area contributed by atoms with E-state index in [9.17, 15) is 8.42 Å². The van der Waals surface area contributed by atoms with Gasteiger partial charge in [0.1, 0.15) is 11.5 Å². The van der Waals surface area contributed by atoms with Crippen LogP contribution < -0.4 is 9.47 Å². The monoisotopic (exact) mass is 361 g/mol. The van der Waals surface area contributed by atoms with Crippen LogP contribution >= 0.6 is 0 Å². The van der Waals surface area contributed by atoms with Crippen LogP contribution in [0.4, 0.5) is 0 Å². The molecular weight excluding hydrogens is 338 g/mol. The Morgan fingerprint density at radius 2 is 1.92 bits per heavy atom. The lowest BCUT2D eigenvalue weighted by atomic mass is 10.0. The van der Waals surface area contributed by atoms with E-state index in [-0.39, 0.29) is 10.6 Å².